The summed E-state index contributed by atoms with van der Waals surface area (Å²) in [5, 5.41) is 0.216. The second-order valence-corrected chi connectivity index (χ2v) is 5.63. The molecule has 0 atom stereocenters. The zero-order valence-corrected chi connectivity index (χ0v) is 8.63. The van der Waals surface area contributed by atoms with Crippen LogP contribution in [0.25, 0.3) is 0 Å². The third-order valence-corrected chi connectivity index (χ3v) is 2.56. The molecule has 1 aromatic rings. The highest BCUT2D eigenvalue weighted by molar-refractivity contribution is 8.13. The summed E-state index contributed by atoms with van der Waals surface area (Å²) in [7, 11) is 1.23. The van der Waals surface area contributed by atoms with Crippen molar-refractivity contribution in [2.24, 2.45) is 0 Å². The molecule has 0 amide bonds. The molecule has 0 spiro atoms. The van der Waals surface area contributed by atoms with Crippen LogP contribution >= 0.6 is 22.3 Å². The van der Waals surface area contributed by atoms with Crippen LogP contribution in [0, 0.1) is 5.82 Å². The van der Waals surface area contributed by atoms with Crippen molar-refractivity contribution in [1.29, 1.82) is 0 Å². The van der Waals surface area contributed by atoms with E-state index < -0.39 is 20.6 Å². The lowest BCUT2D eigenvalue weighted by Gasteiger charge is -1.99. The molecule has 0 heterocycles. The van der Waals surface area contributed by atoms with Gasteiger partial charge in [-0.05, 0) is 12.1 Å². The van der Waals surface area contributed by atoms with Crippen LogP contribution in [-0.2, 0) is 14.8 Å². The molecular weight excluding hydrogens is 238 g/mol. The summed E-state index contributed by atoms with van der Waals surface area (Å²) >= 11 is 5.47. The van der Waals surface area contributed by atoms with Crippen LogP contribution < -0.4 is 0 Å². The maximum atomic E-state index is 13.0. The van der Waals surface area contributed by atoms with Gasteiger partial charge >= 0.3 is 0 Å². The van der Waals surface area contributed by atoms with Crippen LogP contribution in [0.3, 0.4) is 0 Å². The lowest BCUT2D eigenvalue weighted by molar-refractivity contribution is 0.597. The summed E-state index contributed by atoms with van der Waals surface area (Å²) in [6.45, 7) is 0. The molecule has 6 heteroatoms. The van der Waals surface area contributed by atoms with Gasteiger partial charge < -0.3 is 0 Å². The van der Waals surface area contributed by atoms with Gasteiger partial charge in [-0.15, -0.1) is 0 Å². The Morgan fingerprint density at radius 2 is 2.00 bits per heavy atom. The quantitative estimate of drug-likeness (QED) is 0.748. The normalized spacial score (nSPS) is 11.6. The van der Waals surface area contributed by atoms with Gasteiger partial charge in [0, 0.05) is 21.3 Å². The van der Waals surface area contributed by atoms with Crippen molar-refractivity contribution in [3.8, 4) is 0 Å². The molecular formula is C7H5Cl2FO2S. The molecule has 1 rings (SSSR count). The van der Waals surface area contributed by atoms with Gasteiger partial charge in [0.05, 0.1) is 5.75 Å². The van der Waals surface area contributed by atoms with Crippen LogP contribution in [0.4, 0.5) is 4.39 Å². The van der Waals surface area contributed by atoms with Crippen LogP contribution in [0.1, 0.15) is 5.56 Å². The zero-order valence-electron chi connectivity index (χ0n) is 6.30. The topological polar surface area (TPSA) is 34.1 Å². The predicted octanol–water partition coefficient (Wildman–Crippen LogP) is 2.55. The molecule has 2 nitrogen and oxygen atoms in total. The molecule has 0 N–H and O–H groups in total. The van der Waals surface area contributed by atoms with E-state index in [-0.39, 0.29) is 10.6 Å². The van der Waals surface area contributed by atoms with Crippen molar-refractivity contribution in [2.45, 2.75) is 5.75 Å². The first-order chi connectivity index (χ1) is 5.88. The summed E-state index contributed by atoms with van der Waals surface area (Å²) in [6.07, 6.45) is 0. The van der Waals surface area contributed by atoms with Crippen molar-refractivity contribution in [3.63, 3.8) is 0 Å². The maximum absolute atomic E-state index is 13.0. The van der Waals surface area contributed by atoms with Crippen molar-refractivity contribution in [2.75, 3.05) is 0 Å². The van der Waals surface area contributed by atoms with E-state index in [2.05, 4.69) is 0 Å². The molecule has 13 heavy (non-hydrogen) atoms. The van der Waals surface area contributed by atoms with E-state index in [1.807, 2.05) is 0 Å². The lowest BCUT2D eigenvalue weighted by atomic mass is 10.2. The van der Waals surface area contributed by atoms with Gasteiger partial charge in [0.25, 0.3) is 0 Å². The molecule has 0 aliphatic carbocycles. The second-order valence-electron chi connectivity index (χ2n) is 2.42. The molecule has 0 bridgehead atoms. The molecule has 72 valence electrons. The first-order valence-electron chi connectivity index (χ1n) is 3.25. The fraction of sp³-hybridized carbons (Fsp3) is 0.143. The lowest BCUT2D eigenvalue weighted by Crippen LogP contribution is -1.97. The van der Waals surface area contributed by atoms with E-state index in [0.29, 0.717) is 0 Å². The average Bonchev–Trinajstić information content (AvgIpc) is 1.93. The van der Waals surface area contributed by atoms with Gasteiger partial charge in [-0.25, -0.2) is 12.8 Å². The number of hydrogen-bond acceptors (Lipinski definition) is 2. The van der Waals surface area contributed by atoms with Crippen molar-refractivity contribution in [3.05, 3.63) is 34.6 Å². The molecule has 0 fully saturated rings. The second kappa shape index (κ2) is 3.82. The van der Waals surface area contributed by atoms with E-state index in [1.54, 1.807) is 0 Å². The van der Waals surface area contributed by atoms with E-state index >= 15 is 0 Å². The minimum Gasteiger partial charge on any atom is -0.212 e. The maximum Gasteiger partial charge on any atom is 0.236 e. The summed E-state index contributed by atoms with van der Waals surface area (Å²) < 4.78 is 34.2. The molecule has 0 saturated heterocycles. The number of benzene rings is 1. The van der Waals surface area contributed by atoms with Crippen molar-refractivity contribution >= 4 is 31.3 Å². The Morgan fingerprint density at radius 1 is 1.38 bits per heavy atom. The SMILES string of the molecule is O=S(=O)(Cl)Cc1ccc(Cl)cc1F. The molecule has 0 radical (unpaired) electrons. The Labute approximate surface area is 84.7 Å². The first kappa shape index (κ1) is 10.8. The number of halogens is 3. The smallest absolute Gasteiger partial charge is 0.212 e. The van der Waals surface area contributed by atoms with Crippen LogP contribution in [0.2, 0.25) is 5.02 Å². The highest BCUT2D eigenvalue weighted by Crippen LogP contribution is 2.17. The Kier molecular flexibility index (Phi) is 3.16. The number of hydrogen-bond donors (Lipinski definition) is 0. The summed E-state index contributed by atoms with van der Waals surface area (Å²) in [5.41, 5.74) is 0.0133. The van der Waals surface area contributed by atoms with E-state index in [4.69, 9.17) is 22.3 Å². The standard InChI is InChI=1S/C7H5Cl2FO2S/c8-6-2-1-5(7(10)3-6)4-13(9,11)12/h1-3H,4H2. The Bertz CT molecular complexity index is 417. The zero-order chi connectivity index (χ0) is 10.1. The van der Waals surface area contributed by atoms with Gasteiger partial charge in [-0.2, -0.15) is 0 Å². The Hall–Kier alpha value is -0.320. The van der Waals surface area contributed by atoms with E-state index in [1.165, 1.54) is 12.1 Å². The van der Waals surface area contributed by atoms with Gasteiger partial charge in [0.15, 0.2) is 0 Å². The molecule has 0 aliphatic heterocycles. The minimum atomic E-state index is -3.72. The molecule has 0 aliphatic rings. The predicted molar refractivity (Wildman–Crippen MR) is 49.9 cm³/mol. The fourth-order valence-corrected chi connectivity index (χ4v) is 1.94. The van der Waals surface area contributed by atoms with E-state index in [9.17, 15) is 12.8 Å². The third-order valence-electron chi connectivity index (χ3n) is 1.34. The van der Waals surface area contributed by atoms with Crippen molar-refractivity contribution in [1.82, 2.24) is 0 Å². The van der Waals surface area contributed by atoms with Gasteiger partial charge in [-0.3, -0.25) is 0 Å². The van der Waals surface area contributed by atoms with Crippen LogP contribution in [-0.4, -0.2) is 8.42 Å². The van der Waals surface area contributed by atoms with Crippen LogP contribution in [0.5, 0.6) is 0 Å². The summed E-state index contributed by atoms with van der Waals surface area (Å²) in [4.78, 5) is 0. The van der Waals surface area contributed by atoms with Gasteiger partial charge in [0.1, 0.15) is 5.82 Å². The highest BCUT2D eigenvalue weighted by Gasteiger charge is 2.11. The third kappa shape index (κ3) is 3.50. The van der Waals surface area contributed by atoms with Crippen molar-refractivity contribution < 1.29 is 12.8 Å². The van der Waals surface area contributed by atoms with Gasteiger partial charge in [-0.1, -0.05) is 17.7 Å². The summed E-state index contributed by atoms with van der Waals surface area (Å²) in [5.74, 6) is -1.20. The molecule has 0 aromatic heterocycles. The number of rotatable bonds is 2. The minimum absolute atomic E-state index is 0.0133. The summed E-state index contributed by atoms with van der Waals surface area (Å²) in [6, 6.07) is 3.73. The Morgan fingerprint density at radius 3 is 2.46 bits per heavy atom. The monoisotopic (exact) mass is 242 g/mol. The molecule has 1 aromatic carbocycles. The Balaban J connectivity index is 3.04. The largest absolute Gasteiger partial charge is 0.236 e. The first-order valence-corrected chi connectivity index (χ1v) is 6.10. The average molecular weight is 243 g/mol. The highest BCUT2D eigenvalue weighted by atomic mass is 35.7. The van der Waals surface area contributed by atoms with Crippen LogP contribution in [0.15, 0.2) is 18.2 Å². The molecule has 0 saturated carbocycles. The van der Waals surface area contributed by atoms with E-state index in [0.717, 1.165) is 6.07 Å². The fourth-order valence-electron chi connectivity index (χ4n) is 0.824. The van der Waals surface area contributed by atoms with Gasteiger partial charge in [0.2, 0.25) is 9.05 Å². The molecule has 0 unspecified atom stereocenters.